The summed E-state index contributed by atoms with van der Waals surface area (Å²) >= 11 is 0. The van der Waals surface area contributed by atoms with Gasteiger partial charge in [-0.3, -0.25) is 5.10 Å². The number of rotatable bonds is 5. The smallest absolute Gasteiger partial charge is 0.260 e. The second-order valence-electron chi connectivity index (χ2n) is 5.04. The molecule has 21 heavy (non-hydrogen) atoms. The molecular weight excluding hydrogens is 288 g/mol. The van der Waals surface area contributed by atoms with E-state index in [4.69, 9.17) is 5.73 Å². The van der Waals surface area contributed by atoms with Crippen molar-refractivity contribution >= 4 is 10.0 Å². The molecule has 1 unspecified atom stereocenters. The van der Waals surface area contributed by atoms with Gasteiger partial charge in [0.1, 0.15) is 0 Å². The number of nitrogens with two attached hydrogens (primary N) is 1. The van der Waals surface area contributed by atoms with Crippen LogP contribution in [-0.2, 0) is 16.6 Å². The molecule has 1 aromatic carbocycles. The molecular formula is C14H20N4O2S. The van der Waals surface area contributed by atoms with Crippen molar-refractivity contribution in [3.05, 3.63) is 46.6 Å². The van der Waals surface area contributed by atoms with E-state index in [1.165, 1.54) is 0 Å². The highest BCUT2D eigenvalue weighted by Crippen LogP contribution is 2.21. The third-order valence-corrected chi connectivity index (χ3v) is 4.99. The van der Waals surface area contributed by atoms with E-state index in [1.807, 2.05) is 38.1 Å². The van der Waals surface area contributed by atoms with Gasteiger partial charge in [-0.1, -0.05) is 24.3 Å². The molecule has 1 aromatic heterocycles. The second-order valence-corrected chi connectivity index (χ2v) is 6.67. The zero-order valence-corrected chi connectivity index (χ0v) is 13.2. The Kier molecular flexibility index (Phi) is 4.46. The Bertz CT molecular complexity index is 737. The van der Waals surface area contributed by atoms with Crippen LogP contribution in [0, 0.1) is 13.8 Å². The largest absolute Gasteiger partial charge is 0.326 e. The highest BCUT2D eigenvalue weighted by Gasteiger charge is 2.25. The first-order chi connectivity index (χ1) is 9.86. The number of hydrogen-bond donors (Lipinski definition) is 3. The van der Waals surface area contributed by atoms with E-state index < -0.39 is 10.0 Å². The lowest BCUT2D eigenvalue weighted by Crippen LogP contribution is -2.28. The normalized spacial score (nSPS) is 13.3. The van der Waals surface area contributed by atoms with Crippen LogP contribution >= 0.6 is 0 Å². The van der Waals surface area contributed by atoms with Gasteiger partial charge in [0.05, 0.1) is 0 Å². The van der Waals surface area contributed by atoms with E-state index in [1.54, 1.807) is 6.92 Å². The van der Waals surface area contributed by atoms with Crippen LogP contribution < -0.4 is 10.5 Å². The molecule has 2 aromatic rings. The van der Waals surface area contributed by atoms with Gasteiger partial charge >= 0.3 is 0 Å². The minimum atomic E-state index is -3.72. The van der Waals surface area contributed by atoms with Crippen molar-refractivity contribution in [2.45, 2.75) is 38.4 Å². The van der Waals surface area contributed by atoms with Gasteiger partial charge in [0, 0.05) is 23.8 Å². The molecule has 0 aliphatic heterocycles. The van der Waals surface area contributed by atoms with Crippen molar-refractivity contribution in [3.8, 4) is 0 Å². The average Bonchev–Trinajstić information content (AvgIpc) is 2.80. The average molecular weight is 308 g/mol. The van der Waals surface area contributed by atoms with Gasteiger partial charge in [0.2, 0.25) is 0 Å². The first-order valence-electron chi connectivity index (χ1n) is 6.68. The number of aryl methyl sites for hydroxylation is 2. The SMILES string of the molecule is Cc1ccccc1C(C)NS(=O)(=O)c1n[nH]c(C)c1CN. The van der Waals surface area contributed by atoms with Gasteiger partial charge < -0.3 is 5.73 Å². The third kappa shape index (κ3) is 3.15. The van der Waals surface area contributed by atoms with Gasteiger partial charge in [-0.25, -0.2) is 13.1 Å². The lowest BCUT2D eigenvalue weighted by Gasteiger charge is -2.16. The molecule has 0 saturated carbocycles. The molecule has 4 N–H and O–H groups in total. The van der Waals surface area contributed by atoms with Crippen LogP contribution in [0.4, 0.5) is 0 Å². The first kappa shape index (κ1) is 15.7. The van der Waals surface area contributed by atoms with Crippen molar-refractivity contribution in [1.29, 1.82) is 0 Å². The van der Waals surface area contributed by atoms with Gasteiger partial charge in [-0.2, -0.15) is 5.10 Å². The van der Waals surface area contributed by atoms with Gasteiger partial charge in [-0.15, -0.1) is 0 Å². The Hall–Kier alpha value is -1.70. The number of H-pyrrole nitrogens is 1. The predicted molar refractivity (Wildman–Crippen MR) is 81.1 cm³/mol. The standard InChI is InChI=1S/C14H20N4O2S/c1-9-6-4-5-7-12(9)11(3)18-21(19,20)14-13(8-15)10(2)16-17-14/h4-7,11,18H,8,15H2,1-3H3,(H,16,17). The van der Waals surface area contributed by atoms with Crippen LogP contribution in [0.1, 0.15) is 35.3 Å². The molecule has 0 aliphatic rings. The predicted octanol–water partition coefficient (Wildman–Crippen LogP) is 1.52. The van der Waals surface area contributed by atoms with E-state index in [-0.39, 0.29) is 17.6 Å². The molecule has 1 heterocycles. The summed E-state index contributed by atoms with van der Waals surface area (Å²) in [4.78, 5) is 0. The molecule has 0 amide bonds. The highest BCUT2D eigenvalue weighted by molar-refractivity contribution is 7.89. The third-order valence-electron chi connectivity index (χ3n) is 3.48. The van der Waals surface area contributed by atoms with Crippen molar-refractivity contribution in [2.75, 3.05) is 0 Å². The number of aromatic amines is 1. The fourth-order valence-electron chi connectivity index (χ4n) is 2.32. The topological polar surface area (TPSA) is 101 Å². The molecule has 0 spiro atoms. The fraction of sp³-hybridized carbons (Fsp3) is 0.357. The molecule has 6 nitrogen and oxygen atoms in total. The monoisotopic (exact) mass is 308 g/mol. The van der Waals surface area contributed by atoms with Crippen LogP contribution in [0.5, 0.6) is 0 Å². The molecule has 1 atom stereocenters. The molecule has 114 valence electrons. The second kappa shape index (κ2) is 5.97. The summed E-state index contributed by atoms with van der Waals surface area (Å²) in [6, 6.07) is 7.31. The van der Waals surface area contributed by atoms with Crippen molar-refractivity contribution in [3.63, 3.8) is 0 Å². The van der Waals surface area contributed by atoms with E-state index in [2.05, 4.69) is 14.9 Å². The number of hydrogen-bond acceptors (Lipinski definition) is 4. The quantitative estimate of drug-likeness (QED) is 0.779. The van der Waals surface area contributed by atoms with Crippen LogP contribution in [0.25, 0.3) is 0 Å². The van der Waals surface area contributed by atoms with E-state index >= 15 is 0 Å². The summed E-state index contributed by atoms with van der Waals surface area (Å²) in [7, 11) is -3.72. The zero-order valence-electron chi connectivity index (χ0n) is 12.3. The summed E-state index contributed by atoms with van der Waals surface area (Å²) in [5.41, 5.74) is 8.75. The molecule has 7 heteroatoms. The minimum absolute atomic E-state index is 0.0251. The molecule has 2 rings (SSSR count). The molecule has 0 bridgehead atoms. The summed E-state index contributed by atoms with van der Waals surface area (Å²) in [5, 5.41) is 6.52. The van der Waals surface area contributed by atoms with E-state index in [0.29, 0.717) is 11.3 Å². The number of aromatic nitrogens is 2. The minimum Gasteiger partial charge on any atom is -0.326 e. The van der Waals surface area contributed by atoms with Crippen LogP contribution in [-0.4, -0.2) is 18.6 Å². The highest BCUT2D eigenvalue weighted by atomic mass is 32.2. The number of benzene rings is 1. The first-order valence-corrected chi connectivity index (χ1v) is 8.17. The maximum atomic E-state index is 12.5. The van der Waals surface area contributed by atoms with E-state index in [0.717, 1.165) is 11.1 Å². The number of nitrogens with zero attached hydrogens (tertiary/aromatic N) is 1. The van der Waals surface area contributed by atoms with Crippen LogP contribution in [0.3, 0.4) is 0 Å². The molecule has 0 aliphatic carbocycles. The molecule has 0 fully saturated rings. The zero-order chi connectivity index (χ0) is 15.6. The van der Waals surface area contributed by atoms with E-state index in [9.17, 15) is 8.42 Å². The maximum Gasteiger partial charge on any atom is 0.260 e. The summed E-state index contributed by atoms with van der Waals surface area (Å²) in [6.45, 7) is 5.63. The van der Waals surface area contributed by atoms with Crippen LogP contribution in [0.15, 0.2) is 29.3 Å². The summed E-state index contributed by atoms with van der Waals surface area (Å²) < 4.78 is 27.6. The van der Waals surface area contributed by atoms with Gasteiger partial charge in [0.25, 0.3) is 10.0 Å². The van der Waals surface area contributed by atoms with Gasteiger partial charge in [-0.05, 0) is 31.9 Å². The molecule has 0 saturated heterocycles. The van der Waals surface area contributed by atoms with Crippen molar-refractivity contribution in [2.24, 2.45) is 5.73 Å². The van der Waals surface area contributed by atoms with Crippen molar-refractivity contribution in [1.82, 2.24) is 14.9 Å². The Labute approximate surface area is 124 Å². The number of sulfonamides is 1. The van der Waals surface area contributed by atoms with Crippen molar-refractivity contribution < 1.29 is 8.42 Å². The fourth-order valence-corrected chi connectivity index (χ4v) is 3.75. The lowest BCUT2D eigenvalue weighted by molar-refractivity contribution is 0.561. The van der Waals surface area contributed by atoms with Gasteiger partial charge in [0.15, 0.2) is 5.03 Å². The Morgan fingerprint density at radius 3 is 2.62 bits per heavy atom. The Morgan fingerprint density at radius 1 is 1.33 bits per heavy atom. The Morgan fingerprint density at radius 2 is 2.00 bits per heavy atom. The Balaban J connectivity index is 2.31. The van der Waals surface area contributed by atoms with Crippen LogP contribution in [0.2, 0.25) is 0 Å². The lowest BCUT2D eigenvalue weighted by atomic mass is 10.0. The number of nitrogens with one attached hydrogen (secondary N) is 2. The molecule has 0 radical (unpaired) electrons. The summed E-state index contributed by atoms with van der Waals surface area (Å²) in [5.74, 6) is 0. The maximum absolute atomic E-state index is 12.5. The summed E-state index contributed by atoms with van der Waals surface area (Å²) in [6.07, 6.45) is 0.